The second kappa shape index (κ2) is 9.79. The van der Waals surface area contributed by atoms with Crippen molar-refractivity contribution in [1.29, 1.82) is 0 Å². The SMILES string of the molecule is CC(Sc1nnc(-c2ccccc2)n1-c1ccc(F)cc1)C(=O)Nc1ccc(F)c([N+](=O)[O-])c1. The monoisotopic (exact) mass is 481 g/mol. The number of nitrogens with zero attached hydrogens (tertiary/aromatic N) is 4. The molecule has 3 aromatic carbocycles. The number of hydrogen-bond donors (Lipinski definition) is 1. The molecule has 1 N–H and O–H groups in total. The van der Waals surface area contributed by atoms with Crippen LogP contribution in [0.1, 0.15) is 6.92 Å². The van der Waals surface area contributed by atoms with Gasteiger partial charge in [0.15, 0.2) is 11.0 Å². The normalized spacial score (nSPS) is 11.7. The second-order valence-corrected chi connectivity index (χ2v) is 8.46. The van der Waals surface area contributed by atoms with E-state index in [9.17, 15) is 23.7 Å². The summed E-state index contributed by atoms with van der Waals surface area (Å²) in [5.74, 6) is -1.35. The summed E-state index contributed by atoms with van der Waals surface area (Å²) < 4.78 is 28.8. The van der Waals surface area contributed by atoms with E-state index in [2.05, 4.69) is 15.5 Å². The number of halogens is 2. The lowest BCUT2D eigenvalue weighted by molar-refractivity contribution is -0.387. The largest absolute Gasteiger partial charge is 0.325 e. The van der Waals surface area contributed by atoms with E-state index in [1.54, 1.807) is 23.6 Å². The highest BCUT2D eigenvalue weighted by Crippen LogP contribution is 2.31. The summed E-state index contributed by atoms with van der Waals surface area (Å²) in [6.45, 7) is 1.63. The number of hydrogen-bond acceptors (Lipinski definition) is 6. The molecule has 1 aromatic heterocycles. The molecule has 34 heavy (non-hydrogen) atoms. The van der Waals surface area contributed by atoms with Crippen LogP contribution in [0.25, 0.3) is 17.1 Å². The molecule has 0 radical (unpaired) electrons. The van der Waals surface area contributed by atoms with Gasteiger partial charge in [0.1, 0.15) is 5.82 Å². The minimum absolute atomic E-state index is 0.0931. The van der Waals surface area contributed by atoms with Crippen molar-refractivity contribution < 1.29 is 18.5 Å². The third-order valence-corrected chi connectivity index (χ3v) is 5.85. The third-order valence-electron chi connectivity index (χ3n) is 4.81. The summed E-state index contributed by atoms with van der Waals surface area (Å²) in [5.41, 5.74) is 0.744. The Morgan fingerprint density at radius 2 is 1.76 bits per heavy atom. The quantitative estimate of drug-likeness (QED) is 0.220. The number of thioether (sulfide) groups is 1. The van der Waals surface area contributed by atoms with Crippen LogP contribution in [0.5, 0.6) is 0 Å². The Hall–Kier alpha value is -4.12. The molecule has 4 rings (SSSR count). The van der Waals surface area contributed by atoms with Gasteiger partial charge in [-0.2, -0.15) is 4.39 Å². The summed E-state index contributed by atoms with van der Waals surface area (Å²) in [4.78, 5) is 22.8. The molecule has 4 aromatic rings. The first-order chi connectivity index (χ1) is 16.3. The molecule has 0 aliphatic carbocycles. The highest BCUT2D eigenvalue weighted by Gasteiger charge is 2.23. The number of anilines is 1. The fraction of sp³-hybridized carbons (Fsp3) is 0.0870. The van der Waals surface area contributed by atoms with Crippen LogP contribution in [0.3, 0.4) is 0 Å². The summed E-state index contributed by atoms with van der Waals surface area (Å²) in [6.07, 6.45) is 0. The summed E-state index contributed by atoms with van der Waals surface area (Å²) in [5, 5.41) is 21.7. The van der Waals surface area contributed by atoms with Crippen molar-refractivity contribution >= 4 is 29.0 Å². The zero-order chi connectivity index (χ0) is 24.2. The van der Waals surface area contributed by atoms with E-state index in [0.717, 1.165) is 29.5 Å². The minimum atomic E-state index is -0.994. The number of nitrogens with one attached hydrogen (secondary N) is 1. The molecule has 0 fully saturated rings. The van der Waals surface area contributed by atoms with E-state index >= 15 is 0 Å². The summed E-state index contributed by atoms with van der Waals surface area (Å²) >= 11 is 1.10. The van der Waals surface area contributed by atoms with E-state index in [1.165, 1.54) is 18.2 Å². The lowest BCUT2D eigenvalue weighted by Gasteiger charge is -2.14. The molecule has 1 unspecified atom stereocenters. The van der Waals surface area contributed by atoms with Crippen LogP contribution in [0, 0.1) is 21.7 Å². The van der Waals surface area contributed by atoms with Crippen LogP contribution >= 0.6 is 11.8 Å². The van der Waals surface area contributed by atoms with Gasteiger partial charge >= 0.3 is 5.69 Å². The van der Waals surface area contributed by atoms with Gasteiger partial charge in [-0.05, 0) is 43.3 Å². The van der Waals surface area contributed by atoms with Crippen LogP contribution < -0.4 is 5.32 Å². The van der Waals surface area contributed by atoms with Gasteiger partial charge in [0.05, 0.1) is 10.2 Å². The molecular formula is C23H17F2N5O3S. The number of rotatable bonds is 7. The maximum Gasteiger partial charge on any atom is 0.306 e. The van der Waals surface area contributed by atoms with Crippen LogP contribution in [-0.4, -0.2) is 30.8 Å². The molecule has 0 saturated carbocycles. The van der Waals surface area contributed by atoms with E-state index in [-0.39, 0.29) is 5.69 Å². The van der Waals surface area contributed by atoms with Gasteiger partial charge in [-0.25, -0.2) is 4.39 Å². The van der Waals surface area contributed by atoms with Crippen molar-refractivity contribution in [3.05, 3.63) is 94.5 Å². The highest BCUT2D eigenvalue weighted by molar-refractivity contribution is 8.00. The van der Waals surface area contributed by atoms with Gasteiger partial charge in [-0.3, -0.25) is 19.5 Å². The van der Waals surface area contributed by atoms with Gasteiger partial charge in [0.25, 0.3) is 0 Å². The van der Waals surface area contributed by atoms with Crippen LogP contribution in [0.15, 0.2) is 78.0 Å². The Morgan fingerprint density at radius 3 is 2.44 bits per heavy atom. The Bertz CT molecular complexity index is 1350. The van der Waals surface area contributed by atoms with Crippen molar-refractivity contribution in [1.82, 2.24) is 14.8 Å². The molecule has 11 heteroatoms. The molecule has 0 saturated heterocycles. The van der Waals surface area contributed by atoms with Crippen molar-refractivity contribution in [2.24, 2.45) is 0 Å². The molecule has 0 aliphatic heterocycles. The van der Waals surface area contributed by atoms with Crippen molar-refractivity contribution in [3.8, 4) is 17.1 Å². The minimum Gasteiger partial charge on any atom is -0.325 e. The number of aromatic nitrogens is 3. The van der Waals surface area contributed by atoms with Crippen molar-refractivity contribution in [2.45, 2.75) is 17.3 Å². The maximum atomic E-state index is 13.6. The van der Waals surface area contributed by atoms with Gasteiger partial charge in [0.2, 0.25) is 11.7 Å². The maximum absolute atomic E-state index is 13.6. The number of amides is 1. The fourth-order valence-corrected chi connectivity index (χ4v) is 4.00. The average Bonchev–Trinajstić information content (AvgIpc) is 3.24. The zero-order valence-electron chi connectivity index (χ0n) is 17.7. The highest BCUT2D eigenvalue weighted by atomic mass is 32.2. The summed E-state index contributed by atoms with van der Waals surface area (Å²) in [7, 11) is 0. The zero-order valence-corrected chi connectivity index (χ0v) is 18.5. The molecule has 1 atom stereocenters. The Labute approximate surface area is 196 Å². The standard InChI is InChI=1S/C23H17F2N5O3S/c1-14(22(31)26-17-9-12-19(25)20(13-17)30(32)33)34-23-28-27-21(15-5-3-2-4-6-15)29(23)18-10-7-16(24)8-11-18/h2-14H,1H3,(H,26,31). The summed E-state index contributed by atoms with van der Waals surface area (Å²) in [6, 6.07) is 18.2. The molecule has 172 valence electrons. The first-order valence-corrected chi connectivity index (χ1v) is 10.9. The molecule has 0 spiro atoms. The second-order valence-electron chi connectivity index (χ2n) is 7.16. The van der Waals surface area contributed by atoms with E-state index in [0.29, 0.717) is 16.7 Å². The van der Waals surface area contributed by atoms with E-state index in [1.807, 2.05) is 30.3 Å². The molecular weight excluding hydrogens is 464 g/mol. The molecule has 1 heterocycles. The lowest BCUT2D eigenvalue weighted by atomic mass is 10.2. The average molecular weight is 481 g/mol. The van der Waals surface area contributed by atoms with Crippen LogP contribution in [0.4, 0.5) is 20.2 Å². The fourth-order valence-electron chi connectivity index (χ4n) is 3.13. The predicted octanol–water partition coefficient (Wildman–Crippen LogP) is 5.24. The Morgan fingerprint density at radius 1 is 1.06 bits per heavy atom. The first kappa shape index (κ1) is 23.1. The van der Waals surface area contributed by atoms with Gasteiger partial charge in [-0.1, -0.05) is 42.1 Å². The van der Waals surface area contributed by atoms with Gasteiger partial charge < -0.3 is 5.32 Å². The first-order valence-electron chi connectivity index (χ1n) is 10.0. The Balaban J connectivity index is 1.61. The van der Waals surface area contributed by atoms with Gasteiger partial charge in [-0.15, -0.1) is 10.2 Å². The number of nitro benzene ring substituents is 1. The van der Waals surface area contributed by atoms with Crippen LogP contribution in [0.2, 0.25) is 0 Å². The topological polar surface area (TPSA) is 103 Å². The van der Waals surface area contributed by atoms with Crippen molar-refractivity contribution in [2.75, 3.05) is 5.32 Å². The number of nitro groups is 1. The number of benzene rings is 3. The van der Waals surface area contributed by atoms with Crippen molar-refractivity contribution in [3.63, 3.8) is 0 Å². The smallest absolute Gasteiger partial charge is 0.306 e. The molecule has 0 aliphatic rings. The van der Waals surface area contributed by atoms with E-state index in [4.69, 9.17) is 0 Å². The molecule has 1 amide bonds. The van der Waals surface area contributed by atoms with Crippen LogP contribution in [-0.2, 0) is 4.79 Å². The lowest BCUT2D eigenvalue weighted by Crippen LogP contribution is -2.23. The number of carbonyl (C=O) groups is 1. The third kappa shape index (κ3) is 4.94. The Kier molecular flexibility index (Phi) is 6.64. The molecule has 0 bridgehead atoms. The molecule has 8 nitrogen and oxygen atoms in total. The van der Waals surface area contributed by atoms with Gasteiger partial charge in [0, 0.05) is 23.0 Å². The predicted molar refractivity (Wildman–Crippen MR) is 124 cm³/mol. The number of carbonyl (C=O) groups excluding carboxylic acids is 1. The van der Waals surface area contributed by atoms with E-state index < -0.39 is 33.4 Å².